The lowest BCUT2D eigenvalue weighted by atomic mass is 10.3. The molecule has 4 nitrogen and oxygen atoms in total. The molecule has 0 radical (unpaired) electrons. The van der Waals surface area contributed by atoms with Crippen LogP contribution in [0.5, 0.6) is 0 Å². The molecule has 0 saturated heterocycles. The van der Waals surface area contributed by atoms with Gasteiger partial charge >= 0.3 is 12.4 Å². The fraction of sp³-hybridized carbons (Fsp3) is 0.200. The first-order valence-corrected chi connectivity index (χ1v) is 8.67. The minimum atomic E-state index is -4.69. The predicted molar refractivity (Wildman–Crippen MR) is 97.2 cm³/mol. The van der Waals surface area contributed by atoms with Crippen molar-refractivity contribution < 1.29 is 26.3 Å². The highest BCUT2D eigenvalue weighted by atomic mass is 19.4. The van der Waals surface area contributed by atoms with Crippen molar-refractivity contribution in [3.63, 3.8) is 0 Å². The van der Waals surface area contributed by atoms with Crippen LogP contribution in [0.3, 0.4) is 0 Å². The van der Waals surface area contributed by atoms with Crippen LogP contribution in [0.4, 0.5) is 26.3 Å². The van der Waals surface area contributed by atoms with E-state index in [0.717, 1.165) is 9.13 Å². The van der Waals surface area contributed by atoms with Crippen LogP contribution in [0.2, 0.25) is 0 Å². The second kappa shape index (κ2) is 7.09. The Balaban J connectivity index is 1.68. The van der Waals surface area contributed by atoms with Crippen LogP contribution in [0.15, 0.2) is 48.5 Å². The number of nitrogens with zero attached hydrogens (tertiary/aromatic N) is 4. The second-order valence-electron chi connectivity index (χ2n) is 6.37. The fourth-order valence-corrected chi connectivity index (χ4v) is 3.17. The number of alkyl halides is 6. The zero-order chi connectivity index (χ0) is 21.5. The van der Waals surface area contributed by atoms with Gasteiger partial charge < -0.3 is 9.13 Å². The first-order valence-electron chi connectivity index (χ1n) is 8.67. The van der Waals surface area contributed by atoms with Crippen LogP contribution >= 0.6 is 0 Å². The van der Waals surface area contributed by atoms with Crippen LogP contribution in [0, 0.1) is 11.8 Å². The molecule has 2 aromatic heterocycles. The Morgan fingerprint density at radius 2 is 1.00 bits per heavy atom. The van der Waals surface area contributed by atoms with Crippen LogP contribution in [-0.2, 0) is 25.4 Å². The van der Waals surface area contributed by atoms with Crippen LogP contribution in [0.25, 0.3) is 22.1 Å². The molecule has 2 heterocycles. The van der Waals surface area contributed by atoms with E-state index in [-0.39, 0.29) is 35.2 Å². The molecule has 4 rings (SSSR count). The number of halogens is 6. The molecule has 0 saturated carbocycles. The summed E-state index contributed by atoms with van der Waals surface area (Å²) >= 11 is 0. The van der Waals surface area contributed by atoms with Gasteiger partial charge in [-0.15, -0.1) is 0 Å². The summed E-state index contributed by atoms with van der Waals surface area (Å²) in [7, 11) is 0. The van der Waals surface area contributed by atoms with Crippen molar-refractivity contribution in [3.05, 3.63) is 60.2 Å². The third-order valence-corrected chi connectivity index (χ3v) is 4.42. The van der Waals surface area contributed by atoms with E-state index in [1.165, 1.54) is 24.3 Å². The summed E-state index contributed by atoms with van der Waals surface area (Å²) in [5, 5.41) is 0. The number of rotatable bonds is 2. The molecule has 0 aliphatic rings. The number of imidazole rings is 2. The summed E-state index contributed by atoms with van der Waals surface area (Å²) in [4.78, 5) is 7.21. The summed E-state index contributed by atoms with van der Waals surface area (Å²) < 4.78 is 81.7. The largest absolute Gasteiger partial charge is 0.449 e. The smallest absolute Gasteiger partial charge is 0.309 e. The first kappa shape index (κ1) is 19.8. The number of hydrogen-bond acceptors (Lipinski definition) is 2. The van der Waals surface area contributed by atoms with Gasteiger partial charge in [-0.05, 0) is 24.3 Å². The summed E-state index contributed by atoms with van der Waals surface area (Å²) in [6.45, 7) is -0.743. The molecule has 0 spiro atoms. The molecule has 0 atom stereocenters. The number of hydrogen-bond donors (Lipinski definition) is 0. The fourth-order valence-electron chi connectivity index (χ4n) is 3.17. The minimum Gasteiger partial charge on any atom is -0.309 e. The van der Waals surface area contributed by atoms with Crippen molar-refractivity contribution in [2.45, 2.75) is 25.4 Å². The van der Waals surface area contributed by atoms with E-state index < -0.39 is 24.0 Å². The molecule has 30 heavy (non-hydrogen) atoms. The molecule has 2 aromatic carbocycles. The predicted octanol–water partition coefficient (Wildman–Crippen LogP) is 5.13. The molecule has 4 aromatic rings. The Morgan fingerprint density at radius 3 is 1.37 bits per heavy atom. The van der Waals surface area contributed by atoms with Gasteiger partial charge in [0, 0.05) is 0 Å². The SMILES string of the molecule is FC(F)(F)c1nc2ccccc2n1CC#CCn1c(C(F)(F)F)nc2ccccc21. The van der Waals surface area contributed by atoms with Gasteiger partial charge in [0.1, 0.15) is 0 Å². The highest BCUT2D eigenvalue weighted by molar-refractivity contribution is 5.77. The van der Waals surface area contributed by atoms with E-state index in [1.54, 1.807) is 24.3 Å². The first-order chi connectivity index (χ1) is 14.2. The molecule has 154 valence electrons. The Hall–Kier alpha value is -3.48. The number of aromatic nitrogens is 4. The molecule has 0 N–H and O–H groups in total. The second-order valence-corrected chi connectivity index (χ2v) is 6.37. The lowest BCUT2D eigenvalue weighted by Gasteiger charge is -2.09. The zero-order valence-corrected chi connectivity index (χ0v) is 15.1. The molecule has 0 unspecified atom stereocenters. The molecular weight excluding hydrogens is 410 g/mol. The van der Waals surface area contributed by atoms with Gasteiger partial charge in [-0.25, -0.2) is 9.97 Å². The Kier molecular flexibility index (Phi) is 4.68. The van der Waals surface area contributed by atoms with Crippen molar-refractivity contribution in [2.75, 3.05) is 0 Å². The summed E-state index contributed by atoms with van der Waals surface area (Å²) in [6, 6.07) is 12.1. The van der Waals surface area contributed by atoms with E-state index in [0.29, 0.717) is 0 Å². The average molecular weight is 422 g/mol. The normalized spacial score (nSPS) is 12.3. The average Bonchev–Trinajstić information content (AvgIpc) is 3.24. The quantitative estimate of drug-likeness (QED) is 0.332. The third kappa shape index (κ3) is 3.58. The van der Waals surface area contributed by atoms with E-state index in [9.17, 15) is 26.3 Å². The lowest BCUT2D eigenvalue weighted by Crippen LogP contribution is -2.15. The van der Waals surface area contributed by atoms with Gasteiger partial charge in [-0.3, -0.25) is 0 Å². The number of fused-ring (bicyclic) bond motifs is 2. The third-order valence-electron chi connectivity index (χ3n) is 4.42. The van der Waals surface area contributed by atoms with Crippen molar-refractivity contribution in [3.8, 4) is 11.8 Å². The lowest BCUT2D eigenvalue weighted by molar-refractivity contribution is -0.147. The Bertz CT molecular complexity index is 1190. The number of para-hydroxylation sites is 4. The van der Waals surface area contributed by atoms with E-state index in [1.807, 2.05) is 0 Å². The van der Waals surface area contributed by atoms with Gasteiger partial charge in [-0.1, -0.05) is 36.1 Å². The highest BCUT2D eigenvalue weighted by Crippen LogP contribution is 2.32. The van der Waals surface area contributed by atoms with Gasteiger partial charge in [0.25, 0.3) is 0 Å². The van der Waals surface area contributed by atoms with Gasteiger partial charge in [0.05, 0.1) is 35.2 Å². The van der Waals surface area contributed by atoms with E-state index in [2.05, 4.69) is 21.8 Å². The Morgan fingerprint density at radius 1 is 0.633 bits per heavy atom. The maximum atomic E-state index is 13.3. The van der Waals surface area contributed by atoms with Crippen LogP contribution in [0.1, 0.15) is 11.6 Å². The van der Waals surface area contributed by atoms with Crippen molar-refractivity contribution in [2.24, 2.45) is 0 Å². The maximum absolute atomic E-state index is 13.3. The number of benzene rings is 2. The molecule has 0 fully saturated rings. The van der Waals surface area contributed by atoms with Crippen molar-refractivity contribution in [1.29, 1.82) is 0 Å². The zero-order valence-electron chi connectivity index (χ0n) is 15.1. The van der Waals surface area contributed by atoms with Gasteiger partial charge in [0.2, 0.25) is 11.6 Å². The Labute approximate surface area is 165 Å². The van der Waals surface area contributed by atoms with Gasteiger partial charge in [-0.2, -0.15) is 26.3 Å². The summed E-state index contributed by atoms with van der Waals surface area (Å²) in [5.41, 5.74) is 0.796. The monoisotopic (exact) mass is 422 g/mol. The molecule has 0 aliphatic carbocycles. The van der Waals surface area contributed by atoms with Crippen LogP contribution < -0.4 is 0 Å². The van der Waals surface area contributed by atoms with Gasteiger partial charge in [0.15, 0.2) is 0 Å². The topological polar surface area (TPSA) is 35.6 Å². The molecule has 10 heteroatoms. The highest BCUT2D eigenvalue weighted by Gasteiger charge is 2.38. The molecule has 0 amide bonds. The summed E-state index contributed by atoms with van der Waals surface area (Å²) in [6.07, 6.45) is -9.38. The van der Waals surface area contributed by atoms with Crippen molar-refractivity contribution >= 4 is 22.1 Å². The molecule has 0 aliphatic heterocycles. The van der Waals surface area contributed by atoms with E-state index >= 15 is 0 Å². The molecule has 0 bridgehead atoms. The standard InChI is InChI=1S/C20H12F6N4/c21-19(22,23)17-27-13-7-1-3-9-15(13)29(17)11-5-6-12-30-16-10-4-2-8-14(16)28-18(30)20(24,25)26/h1-4,7-10H,11-12H2. The van der Waals surface area contributed by atoms with E-state index in [4.69, 9.17) is 0 Å². The van der Waals surface area contributed by atoms with Crippen molar-refractivity contribution in [1.82, 2.24) is 19.1 Å². The van der Waals surface area contributed by atoms with Crippen LogP contribution in [-0.4, -0.2) is 19.1 Å². The summed E-state index contributed by atoms with van der Waals surface area (Å²) in [5.74, 6) is 2.84. The molecular formula is C20H12F6N4. The maximum Gasteiger partial charge on any atom is 0.449 e. The minimum absolute atomic E-state index is 0.159.